The van der Waals surface area contributed by atoms with Gasteiger partial charge in [0.05, 0.1) is 34.5 Å². The van der Waals surface area contributed by atoms with Crippen molar-refractivity contribution in [1.82, 2.24) is 9.97 Å². The molecular weight excluding hydrogens is 579 g/mol. The summed E-state index contributed by atoms with van der Waals surface area (Å²) in [7, 11) is 0. The van der Waals surface area contributed by atoms with Crippen LogP contribution in [-0.2, 0) is 0 Å². The van der Waals surface area contributed by atoms with E-state index in [1.165, 1.54) is 23.9 Å². The first-order valence-corrected chi connectivity index (χ1v) is 14.2. The molecule has 0 amide bonds. The summed E-state index contributed by atoms with van der Waals surface area (Å²) in [5.74, 6) is 0.876. The first-order valence-electron chi connectivity index (χ1n) is 14.2. The molecule has 8 heteroatoms. The van der Waals surface area contributed by atoms with Crippen molar-refractivity contribution in [3.8, 4) is 5.75 Å². The van der Waals surface area contributed by atoms with Crippen LogP contribution in [-0.4, -0.2) is 28.6 Å². The van der Waals surface area contributed by atoms with Gasteiger partial charge in [-0.3, -0.25) is 4.98 Å². The third-order valence-corrected chi connectivity index (χ3v) is 7.28. The lowest BCUT2D eigenvalue weighted by Crippen LogP contribution is -2.03. The van der Waals surface area contributed by atoms with Crippen molar-refractivity contribution in [3.63, 3.8) is 0 Å². The van der Waals surface area contributed by atoms with Gasteiger partial charge in [-0.15, -0.1) is 24.8 Å². The fourth-order valence-electron chi connectivity index (χ4n) is 5.22. The summed E-state index contributed by atoms with van der Waals surface area (Å²) in [4.78, 5) is 9.29. The van der Waals surface area contributed by atoms with Gasteiger partial charge in [0.25, 0.3) is 0 Å². The number of nitrogens with zero attached hydrogens (tertiary/aromatic N) is 2. The summed E-state index contributed by atoms with van der Waals surface area (Å²) in [6.45, 7) is 1.68. The van der Waals surface area contributed by atoms with Gasteiger partial charge in [-0.1, -0.05) is 86.0 Å². The number of unbranched alkanes of at least 4 members (excludes halogenated alkanes) is 4. The molecule has 6 aromatic rings. The van der Waals surface area contributed by atoms with E-state index in [1.54, 1.807) is 0 Å². The number of halogens is 2. The zero-order valence-corrected chi connectivity index (χ0v) is 25.6. The van der Waals surface area contributed by atoms with Crippen molar-refractivity contribution in [3.05, 3.63) is 109 Å². The first-order chi connectivity index (χ1) is 19.9. The minimum Gasteiger partial charge on any atom is -0.491 e. The maximum absolute atomic E-state index is 6.26. The zero-order valence-electron chi connectivity index (χ0n) is 24.0. The molecular formula is C35H38Cl2N4O2. The Morgan fingerprint density at radius 3 is 1.88 bits per heavy atom. The summed E-state index contributed by atoms with van der Waals surface area (Å²) in [5, 5.41) is 10.6. The second-order valence-electron chi connectivity index (χ2n) is 10.1. The molecule has 0 aliphatic heterocycles. The van der Waals surface area contributed by atoms with Gasteiger partial charge in [0.1, 0.15) is 5.75 Å². The van der Waals surface area contributed by atoms with Gasteiger partial charge >= 0.3 is 0 Å². The lowest BCUT2D eigenvalue weighted by molar-refractivity contribution is 0.306. The summed E-state index contributed by atoms with van der Waals surface area (Å²) in [6, 6.07) is 35.1. The SMILES string of the molecule is Cl.Cl.O.c1ccc(OCCCCCCCNc2ccnc3ccccc23)c(Nc2c3ccccc3nc3ccccc23)c1. The van der Waals surface area contributed by atoms with Gasteiger partial charge in [-0.25, -0.2) is 4.98 Å². The largest absolute Gasteiger partial charge is 0.491 e. The van der Waals surface area contributed by atoms with E-state index in [0.29, 0.717) is 6.61 Å². The number of nitrogens with one attached hydrogen (secondary N) is 2. The van der Waals surface area contributed by atoms with Crippen LogP contribution in [0, 0.1) is 0 Å². The molecule has 0 aliphatic carbocycles. The van der Waals surface area contributed by atoms with Crippen LogP contribution in [0.25, 0.3) is 32.7 Å². The van der Waals surface area contributed by atoms with Crippen LogP contribution in [0.15, 0.2) is 109 Å². The molecule has 224 valence electrons. The monoisotopic (exact) mass is 616 g/mol. The van der Waals surface area contributed by atoms with E-state index in [-0.39, 0.29) is 30.3 Å². The smallest absolute Gasteiger partial charge is 0.142 e. The molecule has 0 saturated heterocycles. The van der Waals surface area contributed by atoms with Gasteiger partial charge < -0.3 is 20.8 Å². The average molecular weight is 618 g/mol. The molecule has 43 heavy (non-hydrogen) atoms. The normalized spacial score (nSPS) is 10.4. The zero-order chi connectivity index (χ0) is 27.0. The average Bonchev–Trinajstić information content (AvgIpc) is 3.01. The Bertz CT molecular complexity index is 1690. The van der Waals surface area contributed by atoms with Crippen LogP contribution in [0.1, 0.15) is 32.1 Å². The van der Waals surface area contributed by atoms with Crippen molar-refractivity contribution in [2.75, 3.05) is 23.8 Å². The summed E-state index contributed by atoms with van der Waals surface area (Å²) in [6.07, 6.45) is 7.64. The Balaban J connectivity index is 0.00000169. The van der Waals surface area contributed by atoms with Gasteiger partial charge in [0, 0.05) is 34.6 Å². The van der Waals surface area contributed by atoms with E-state index in [0.717, 1.165) is 70.3 Å². The molecule has 4 N–H and O–H groups in total. The predicted molar refractivity (Wildman–Crippen MR) is 186 cm³/mol. The lowest BCUT2D eigenvalue weighted by Gasteiger charge is -2.16. The van der Waals surface area contributed by atoms with E-state index in [4.69, 9.17) is 9.72 Å². The highest BCUT2D eigenvalue weighted by Crippen LogP contribution is 2.36. The number of fused-ring (bicyclic) bond motifs is 3. The van der Waals surface area contributed by atoms with Gasteiger partial charge in [-0.05, 0) is 49.2 Å². The van der Waals surface area contributed by atoms with E-state index >= 15 is 0 Å². The Morgan fingerprint density at radius 1 is 0.558 bits per heavy atom. The Morgan fingerprint density at radius 2 is 1.14 bits per heavy atom. The van der Waals surface area contributed by atoms with Crippen LogP contribution >= 0.6 is 24.8 Å². The second kappa shape index (κ2) is 16.5. The second-order valence-corrected chi connectivity index (χ2v) is 10.1. The summed E-state index contributed by atoms with van der Waals surface area (Å²) >= 11 is 0. The Labute approximate surface area is 265 Å². The molecule has 0 aliphatic rings. The molecule has 4 aromatic carbocycles. The predicted octanol–water partition coefficient (Wildman–Crippen LogP) is 9.14. The first kappa shape index (κ1) is 33.4. The highest BCUT2D eigenvalue weighted by molar-refractivity contribution is 6.08. The van der Waals surface area contributed by atoms with E-state index < -0.39 is 0 Å². The molecule has 0 saturated carbocycles. The number of benzene rings is 4. The van der Waals surface area contributed by atoms with Crippen molar-refractivity contribution < 1.29 is 10.2 Å². The quantitative estimate of drug-likeness (QED) is 0.106. The number of ether oxygens (including phenoxy) is 1. The summed E-state index contributed by atoms with van der Waals surface area (Å²) in [5.41, 5.74) is 6.19. The molecule has 6 rings (SSSR count). The summed E-state index contributed by atoms with van der Waals surface area (Å²) < 4.78 is 6.26. The Hall–Kier alpha value is -4.10. The third kappa shape index (κ3) is 8.05. The van der Waals surface area contributed by atoms with Crippen LogP contribution < -0.4 is 15.4 Å². The number of anilines is 3. The van der Waals surface area contributed by atoms with Crippen LogP contribution in [0.2, 0.25) is 0 Å². The molecule has 0 fully saturated rings. The maximum atomic E-state index is 6.26. The standard InChI is InChI=1S/C35H34N4O.2ClH.H2O/c1(2-12-23-36-30-22-24-37-29-17-7-4-14-26(29)30)3-13-25-40-34-21-11-10-20-33(34)39-35-27-15-5-8-18-31(27)38-32-19-9-6-16-28(32)35;;;/h4-11,14-22,24H,1-3,12-13,23,25H2,(H,36,37)(H,38,39);2*1H;1H2. The minimum absolute atomic E-state index is 0. The number of pyridine rings is 2. The van der Waals surface area contributed by atoms with Crippen LogP contribution in [0.4, 0.5) is 17.1 Å². The van der Waals surface area contributed by atoms with Crippen molar-refractivity contribution >= 4 is 74.6 Å². The molecule has 0 atom stereocenters. The highest BCUT2D eigenvalue weighted by Gasteiger charge is 2.11. The van der Waals surface area contributed by atoms with Crippen LogP contribution in [0.3, 0.4) is 0 Å². The number of hydrogen-bond acceptors (Lipinski definition) is 5. The topological polar surface area (TPSA) is 90.6 Å². The molecule has 0 unspecified atom stereocenters. The molecule has 0 spiro atoms. The molecule has 0 radical (unpaired) electrons. The fourth-order valence-corrected chi connectivity index (χ4v) is 5.22. The van der Waals surface area contributed by atoms with E-state index in [1.807, 2.05) is 42.6 Å². The highest BCUT2D eigenvalue weighted by atomic mass is 35.5. The Kier molecular flexibility index (Phi) is 12.8. The molecule has 6 nitrogen and oxygen atoms in total. The fraction of sp³-hybridized carbons (Fsp3) is 0.200. The van der Waals surface area contributed by atoms with Crippen molar-refractivity contribution in [2.24, 2.45) is 0 Å². The lowest BCUT2D eigenvalue weighted by atomic mass is 10.1. The third-order valence-electron chi connectivity index (χ3n) is 7.28. The van der Waals surface area contributed by atoms with Crippen LogP contribution in [0.5, 0.6) is 5.75 Å². The van der Waals surface area contributed by atoms with Crippen molar-refractivity contribution in [2.45, 2.75) is 32.1 Å². The molecule has 2 aromatic heterocycles. The van der Waals surface area contributed by atoms with Gasteiger partial charge in [-0.2, -0.15) is 0 Å². The number of para-hydroxylation sites is 5. The molecule has 0 bridgehead atoms. The van der Waals surface area contributed by atoms with E-state index in [9.17, 15) is 0 Å². The van der Waals surface area contributed by atoms with Crippen molar-refractivity contribution in [1.29, 1.82) is 0 Å². The maximum Gasteiger partial charge on any atom is 0.142 e. The number of aromatic nitrogens is 2. The number of rotatable bonds is 12. The van der Waals surface area contributed by atoms with Gasteiger partial charge in [0.2, 0.25) is 0 Å². The van der Waals surface area contributed by atoms with E-state index in [2.05, 4.69) is 82.3 Å². The minimum atomic E-state index is 0. The molecule has 2 heterocycles. The number of hydrogen-bond donors (Lipinski definition) is 2. The van der Waals surface area contributed by atoms with Gasteiger partial charge in [0.15, 0.2) is 0 Å².